The lowest BCUT2D eigenvalue weighted by Crippen LogP contribution is -2.24. The molecule has 0 aliphatic carbocycles. The van der Waals surface area contributed by atoms with Gasteiger partial charge in [-0.3, -0.25) is 0 Å². The highest BCUT2D eigenvalue weighted by Gasteiger charge is 2.20. The van der Waals surface area contributed by atoms with E-state index in [1.54, 1.807) is 30.3 Å². The summed E-state index contributed by atoms with van der Waals surface area (Å²) < 4.78 is 33.3. The van der Waals surface area contributed by atoms with Gasteiger partial charge >= 0.3 is 0 Å². The van der Waals surface area contributed by atoms with Crippen LogP contribution in [0.4, 0.5) is 0 Å². The quantitative estimate of drug-likeness (QED) is 0.710. The zero-order valence-corrected chi connectivity index (χ0v) is 9.53. The summed E-state index contributed by atoms with van der Waals surface area (Å²) in [4.78, 5) is 0.282. The normalized spacial score (nSPS) is 11.9. The number of benzene rings is 1. The Morgan fingerprint density at radius 1 is 1.13 bits per heavy atom. The molecule has 0 radical (unpaired) electrons. The van der Waals surface area contributed by atoms with Gasteiger partial charge in [-0.2, -0.15) is 0 Å². The molecule has 0 aliphatic heterocycles. The zero-order valence-electron chi connectivity index (χ0n) is 8.71. The van der Waals surface area contributed by atoms with Gasteiger partial charge < -0.3 is 9.47 Å². The summed E-state index contributed by atoms with van der Waals surface area (Å²) in [6.07, 6.45) is -0.727. The first kappa shape index (κ1) is 12.2. The molecule has 1 aromatic rings. The molecule has 0 heterocycles. The largest absolute Gasteiger partial charge is 0.355 e. The summed E-state index contributed by atoms with van der Waals surface area (Å²) in [5.41, 5.74) is 0. The van der Waals surface area contributed by atoms with E-state index in [-0.39, 0.29) is 10.6 Å². The van der Waals surface area contributed by atoms with Gasteiger partial charge in [-0.25, -0.2) is 8.42 Å². The number of rotatable bonds is 5. The minimum absolute atomic E-state index is 0.177. The summed E-state index contributed by atoms with van der Waals surface area (Å²) in [6, 6.07) is 8.24. The van der Waals surface area contributed by atoms with Crippen molar-refractivity contribution in [2.45, 2.75) is 11.2 Å². The van der Waals surface area contributed by atoms with Crippen molar-refractivity contribution in [3.63, 3.8) is 0 Å². The molecule has 0 aliphatic rings. The van der Waals surface area contributed by atoms with E-state index in [1.165, 1.54) is 14.2 Å². The third kappa shape index (κ3) is 3.30. The van der Waals surface area contributed by atoms with Crippen LogP contribution in [0.3, 0.4) is 0 Å². The second-order valence-corrected chi connectivity index (χ2v) is 5.03. The summed E-state index contributed by atoms with van der Waals surface area (Å²) in [7, 11) is -0.511. The van der Waals surface area contributed by atoms with Gasteiger partial charge in [0.15, 0.2) is 16.1 Å². The Morgan fingerprint density at radius 2 is 1.67 bits per heavy atom. The summed E-state index contributed by atoms with van der Waals surface area (Å²) in [6.45, 7) is 0. The molecule has 84 valence electrons. The molecule has 0 bridgehead atoms. The predicted octanol–water partition coefficient (Wildman–Crippen LogP) is 1.08. The van der Waals surface area contributed by atoms with Crippen molar-refractivity contribution in [3.05, 3.63) is 30.3 Å². The number of methoxy groups -OCH3 is 2. The molecule has 4 nitrogen and oxygen atoms in total. The van der Waals surface area contributed by atoms with Gasteiger partial charge in [0.1, 0.15) is 5.75 Å². The Hall–Kier alpha value is -0.910. The first-order valence-electron chi connectivity index (χ1n) is 4.43. The highest BCUT2D eigenvalue weighted by molar-refractivity contribution is 7.91. The van der Waals surface area contributed by atoms with Gasteiger partial charge in [0.25, 0.3) is 0 Å². The van der Waals surface area contributed by atoms with Crippen LogP contribution in [0.15, 0.2) is 35.2 Å². The molecule has 1 rings (SSSR count). The van der Waals surface area contributed by atoms with Crippen LogP contribution in [0, 0.1) is 0 Å². The molecule has 0 N–H and O–H groups in total. The smallest absolute Gasteiger partial charge is 0.183 e. The van der Waals surface area contributed by atoms with E-state index in [9.17, 15) is 8.42 Å². The van der Waals surface area contributed by atoms with Gasteiger partial charge in [0.2, 0.25) is 0 Å². The Kier molecular flexibility index (Phi) is 4.26. The van der Waals surface area contributed by atoms with Crippen molar-refractivity contribution in [1.82, 2.24) is 0 Å². The molecule has 15 heavy (non-hydrogen) atoms. The minimum Gasteiger partial charge on any atom is -0.355 e. The molecule has 0 aromatic heterocycles. The molecule has 0 unspecified atom stereocenters. The molecular weight excluding hydrogens is 216 g/mol. The lowest BCUT2D eigenvalue weighted by molar-refractivity contribution is -0.0851. The maximum Gasteiger partial charge on any atom is 0.183 e. The molecule has 0 saturated heterocycles. The van der Waals surface area contributed by atoms with Gasteiger partial charge in [0, 0.05) is 14.2 Å². The summed E-state index contributed by atoms with van der Waals surface area (Å²) in [5, 5.41) is 0. The van der Waals surface area contributed by atoms with E-state index >= 15 is 0 Å². The van der Waals surface area contributed by atoms with Crippen LogP contribution in [0.25, 0.3) is 0 Å². The molecule has 5 heteroatoms. The van der Waals surface area contributed by atoms with Crippen molar-refractivity contribution in [2.24, 2.45) is 0 Å². The van der Waals surface area contributed by atoms with Crippen LogP contribution in [0.1, 0.15) is 0 Å². The number of ether oxygens (including phenoxy) is 2. The van der Waals surface area contributed by atoms with Crippen molar-refractivity contribution in [3.8, 4) is 0 Å². The minimum atomic E-state index is -3.33. The van der Waals surface area contributed by atoms with Gasteiger partial charge in [0.05, 0.1) is 4.90 Å². The fraction of sp³-hybridized carbons (Fsp3) is 0.400. The predicted molar refractivity (Wildman–Crippen MR) is 56.3 cm³/mol. The molecule has 0 fully saturated rings. The third-order valence-electron chi connectivity index (χ3n) is 1.98. The van der Waals surface area contributed by atoms with E-state index in [4.69, 9.17) is 9.47 Å². The SMILES string of the molecule is COC(CS(=O)(=O)c1ccccc1)OC. The van der Waals surface area contributed by atoms with Gasteiger partial charge in [-0.15, -0.1) is 0 Å². The zero-order chi connectivity index (χ0) is 11.3. The van der Waals surface area contributed by atoms with Crippen LogP contribution in [0.5, 0.6) is 0 Å². The average Bonchev–Trinajstić information content (AvgIpc) is 2.27. The number of hydrogen-bond donors (Lipinski definition) is 0. The topological polar surface area (TPSA) is 52.6 Å². The fourth-order valence-corrected chi connectivity index (χ4v) is 2.53. The molecule has 0 atom stereocenters. The Balaban J connectivity index is 2.85. The molecule has 0 amide bonds. The first-order chi connectivity index (χ1) is 7.10. The highest BCUT2D eigenvalue weighted by Crippen LogP contribution is 2.12. The average molecular weight is 230 g/mol. The number of sulfone groups is 1. The van der Waals surface area contributed by atoms with E-state index in [1.807, 2.05) is 0 Å². The lowest BCUT2D eigenvalue weighted by Gasteiger charge is -2.13. The lowest BCUT2D eigenvalue weighted by atomic mass is 10.4. The Labute approximate surface area is 89.7 Å². The molecular formula is C10H14O4S. The van der Waals surface area contributed by atoms with E-state index in [0.29, 0.717) is 0 Å². The van der Waals surface area contributed by atoms with E-state index < -0.39 is 16.1 Å². The Morgan fingerprint density at radius 3 is 2.13 bits per heavy atom. The molecule has 0 saturated carbocycles. The highest BCUT2D eigenvalue weighted by atomic mass is 32.2. The maximum atomic E-state index is 11.8. The van der Waals surface area contributed by atoms with Crippen LogP contribution in [-0.2, 0) is 19.3 Å². The van der Waals surface area contributed by atoms with Crippen molar-refractivity contribution in [2.75, 3.05) is 20.0 Å². The van der Waals surface area contributed by atoms with E-state index in [2.05, 4.69) is 0 Å². The van der Waals surface area contributed by atoms with E-state index in [0.717, 1.165) is 0 Å². The monoisotopic (exact) mass is 230 g/mol. The van der Waals surface area contributed by atoms with Crippen LogP contribution in [0.2, 0.25) is 0 Å². The summed E-state index contributed by atoms with van der Waals surface area (Å²) in [5.74, 6) is -0.177. The molecule has 1 aromatic carbocycles. The Bertz CT molecular complexity index is 381. The van der Waals surface area contributed by atoms with Crippen LogP contribution in [-0.4, -0.2) is 34.7 Å². The maximum absolute atomic E-state index is 11.8. The van der Waals surface area contributed by atoms with Gasteiger partial charge in [-0.1, -0.05) is 18.2 Å². The first-order valence-corrected chi connectivity index (χ1v) is 6.09. The number of hydrogen-bond acceptors (Lipinski definition) is 4. The fourth-order valence-electron chi connectivity index (χ4n) is 1.14. The standard InChI is InChI=1S/C10H14O4S/c1-13-10(14-2)8-15(11,12)9-6-4-3-5-7-9/h3-7,10H,8H2,1-2H3. The second-order valence-electron chi connectivity index (χ2n) is 3.00. The van der Waals surface area contributed by atoms with Crippen molar-refractivity contribution in [1.29, 1.82) is 0 Å². The van der Waals surface area contributed by atoms with Crippen LogP contribution >= 0.6 is 0 Å². The third-order valence-corrected chi connectivity index (χ3v) is 3.69. The van der Waals surface area contributed by atoms with Crippen LogP contribution < -0.4 is 0 Å². The summed E-state index contributed by atoms with van der Waals surface area (Å²) >= 11 is 0. The van der Waals surface area contributed by atoms with Gasteiger partial charge in [-0.05, 0) is 12.1 Å². The second kappa shape index (κ2) is 5.25. The van der Waals surface area contributed by atoms with Crippen molar-refractivity contribution >= 4 is 9.84 Å². The van der Waals surface area contributed by atoms with Crippen molar-refractivity contribution < 1.29 is 17.9 Å². The molecule has 0 spiro atoms.